The van der Waals surface area contributed by atoms with Gasteiger partial charge in [-0.25, -0.2) is 14.5 Å². The topological polar surface area (TPSA) is 80.0 Å². The number of hydrogen-bond acceptors (Lipinski definition) is 8. The van der Waals surface area contributed by atoms with Crippen LogP contribution in [0.3, 0.4) is 0 Å². The molecule has 1 aliphatic heterocycles. The third-order valence-corrected chi connectivity index (χ3v) is 7.73. The average molecular weight is 569 g/mol. The lowest BCUT2D eigenvalue weighted by atomic mass is 10.0. The first-order chi connectivity index (χ1) is 20.3. The van der Waals surface area contributed by atoms with Crippen LogP contribution in [0, 0.1) is 0 Å². The van der Waals surface area contributed by atoms with Crippen LogP contribution in [-0.2, 0) is 38.8 Å². The van der Waals surface area contributed by atoms with E-state index in [0.29, 0.717) is 32.1 Å². The monoisotopic (exact) mass is 568 g/mol. The second kappa shape index (κ2) is 13.4. The standard InChI is InChI=1S/C32H32N4O4S/c1-41-32-31-33-17-26(36(31)35-22-34-32)28-30(39-20-25-15-9-4-10-16-25)29(38-19-24-13-7-3-8-14-24)27(40-28)21-37-18-23-11-5-2-6-12-23/h2-17,22,27-30H,18-21H2,1H3/t27-,28?,29-,30+/m1/s1. The molecule has 8 nitrogen and oxygen atoms in total. The fourth-order valence-electron chi connectivity index (χ4n) is 5.04. The van der Waals surface area contributed by atoms with Gasteiger partial charge in [0, 0.05) is 0 Å². The zero-order valence-corrected chi connectivity index (χ0v) is 23.6. The minimum Gasteiger partial charge on any atom is -0.374 e. The van der Waals surface area contributed by atoms with Gasteiger partial charge in [-0.05, 0) is 22.9 Å². The number of imidazole rings is 1. The summed E-state index contributed by atoms with van der Waals surface area (Å²) in [6.45, 7) is 1.66. The molecule has 1 unspecified atom stereocenters. The highest BCUT2D eigenvalue weighted by Gasteiger charge is 2.48. The fraction of sp³-hybridized carbons (Fsp3) is 0.281. The summed E-state index contributed by atoms with van der Waals surface area (Å²) in [5.41, 5.74) is 4.72. The number of aromatic nitrogens is 4. The molecule has 0 saturated carbocycles. The summed E-state index contributed by atoms with van der Waals surface area (Å²) in [6, 6.07) is 30.4. The Hall–Kier alpha value is -3.60. The van der Waals surface area contributed by atoms with Gasteiger partial charge in [-0.1, -0.05) is 91.0 Å². The van der Waals surface area contributed by atoms with Gasteiger partial charge in [-0.15, -0.1) is 11.8 Å². The highest BCUT2D eigenvalue weighted by atomic mass is 32.2. The number of benzene rings is 3. The van der Waals surface area contributed by atoms with E-state index in [1.807, 2.05) is 60.9 Å². The smallest absolute Gasteiger partial charge is 0.186 e. The highest BCUT2D eigenvalue weighted by Crippen LogP contribution is 2.39. The minimum absolute atomic E-state index is 0.345. The van der Waals surface area contributed by atoms with Crippen molar-refractivity contribution in [2.75, 3.05) is 12.9 Å². The maximum atomic E-state index is 6.72. The van der Waals surface area contributed by atoms with Gasteiger partial charge < -0.3 is 18.9 Å². The van der Waals surface area contributed by atoms with Gasteiger partial charge in [0.1, 0.15) is 35.8 Å². The van der Waals surface area contributed by atoms with Crippen molar-refractivity contribution in [3.63, 3.8) is 0 Å². The summed E-state index contributed by atoms with van der Waals surface area (Å²) in [6.07, 6.45) is 3.63. The number of ether oxygens (including phenoxy) is 4. The number of hydrogen-bond donors (Lipinski definition) is 0. The van der Waals surface area contributed by atoms with Crippen molar-refractivity contribution in [3.05, 3.63) is 126 Å². The lowest BCUT2D eigenvalue weighted by Gasteiger charge is -2.25. The predicted octanol–water partition coefficient (Wildman–Crippen LogP) is 5.67. The van der Waals surface area contributed by atoms with E-state index in [9.17, 15) is 0 Å². The van der Waals surface area contributed by atoms with Gasteiger partial charge in [0.2, 0.25) is 0 Å². The molecule has 3 heterocycles. The summed E-state index contributed by atoms with van der Waals surface area (Å²) in [5.74, 6) is 0. The molecule has 1 saturated heterocycles. The third kappa shape index (κ3) is 6.50. The molecule has 0 spiro atoms. The molecule has 0 N–H and O–H groups in total. The maximum absolute atomic E-state index is 6.72. The quantitative estimate of drug-likeness (QED) is 0.178. The van der Waals surface area contributed by atoms with E-state index in [4.69, 9.17) is 18.9 Å². The number of nitrogens with zero attached hydrogens (tertiary/aromatic N) is 4. The first kappa shape index (κ1) is 27.6. The van der Waals surface area contributed by atoms with Crippen LogP contribution in [0.2, 0.25) is 0 Å². The van der Waals surface area contributed by atoms with Crippen molar-refractivity contribution in [1.29, 1.82) is 0 Å². The lowest BCUT2D eigenvalue weighted by molar-refractivity contribution is -0.0898. The molecule has 0 aliphatic carbocycles. The zero-order chi connectivity index (χ0) is 27.9. The van der Waals surface area contributed by atoms with Gasteiger partial charge in [0.15, 0.2) is 5.65 Å². The van der Waals surface area contributed by atoms with E-state index in [2.05, 4.69) is 51.5 Å². The SMILES string of the molecule is CSc1ncnn2c(C3O[C@H](COCc4ccccc4)[C@@H](OCc4ccccc4)[C@H]3OCc3ccccc3)cnc12. The largest absolute Gasteiger partial charge is 0.374 e. The molecule has 5 aromatic rings. The Morgan fingerprint density at radius 2 is 1.34 bits per heavy atom. The van der Waals surface area contributed by atoms with Crippen molar-refractivity contribution in [3.8, 4) is 0 Å². The molecule has 41 heavy (non-hydrogen) atoms. The van der Waals surface area contributed by atoms with Crippen LogP contribution in [0.15, 0.2) is 109 Å². The van der Waals surface area contributed by atoms with E-state index >= 15 is 0 Å². The summed E-state index contributed by atoms with van der Waals surface area (Å²) in [5, 5.41) is 5.31. The number of thioether (sulfide) groups is 1. The molecule has 2 aromatic heterocycles. The second-order valence-corrected chi connectivity index (χ2v) is 10.6. The van der Waals surface area contributed by atoms with Gasteiger partial charge in [-0.2, -0.15) is 5.10 Å². The first-order valence-corrected chi connectivity index (χ1v) is 14.8. The van der Waals surface area contributed by atoms with Crippen molar-refractivity contribution < 1.29 is 18.9 Å². The average Bonchev–Trinajstić information content (AvgIpc) is 3.61. The Bertz CT molecular complexity index is 1520. The molecule has 0 bridgehead atoms. The van der Waals surface area contributed by atoms with Gasteiger partial charge in [-0.3, -0.25) is 0 Å². The molecule has 1 aliphatic rings. The summed E-state index contributed by atoms with van der Waals surface area (Å²) >= 11 is 1.53. The van der Waals surface area contributed by atoms with Crippen molar-refractivity contribution >= 4 is 17.4 Å². The first-order valence-electron chi connectivity index (χ1n) is 13.6. The van der Waals surface area contributed by atoms with Crippen LogP contribution < -0.4 is 0 Å². The Kier molecular flexibility index (Phi) is 8.99. The molecular formula is C32H32N4O4S. The zero-order valence-electron chi connectivity index (χ0n) is 22.8. The number of fused-ring (bicyclic) bond motifs is 1. The van der Waals surface area contributed by atoms with E-state index in [-0.39, 0.29) is 6.10 Å². The molecule has 0 amide bonds. The van der Waals surface area contributed by atoms with Crippen molar-refractivity contribution in [2.45, 2.75) is 49.3 Å². The summed E-state index contributed by atoms with van der Waals surface area (Å²) < 4.78 is 27.9. The Morgan fingerprint density at radius 3 is 1.95 bits per heavy atom. The molecule has 210 valence electrons. The normalized spacial score (nSPS) is 20.5. The summed E-state index contributed by atoms with van der Waals surface area (Å²) in [7, 11) is 0. The molecule has 4 atom stereocenters. The van der Waals surface area contributed by atoms with E-state index in [1.165, 1.54) is 11.8 Å². The third-order valence-electron chi connectivity index (χ3n) is 7.06. The Labute approximate surface area is 243 Å². The van der Waals surface area contributed by atoms with E-state index in [1.54, 1.807) is 17.0 Å². The number of rotatable bonds is 12. The van der Waals surface area contributed by atoms with Gasteiger partial charge >= 0.3 is 0 Å². The lowest BCUT2D eigenvalue weighted by Crippen LogP contribution is -2.38. The Balaban J connectivity index is 1.30. The van der Waals surface area contributed by atoms with Crippen LogP contribution in [0.25, 0.3) is 5.65 Å². The molecular weight excluding hydrogens is 536 g/mol. The van der Waals surface area contributed by atoms with Crippen LogP contribution >= 0.6 is 11.8 Å². The van der Waals surface area contributed by atoms with Crippen molar-refractivity contribution in [1.82, 2.24) is 19.6 Å². The van der Waals surface area contributed by atoms with Crippen LogP contribution in [-0.4, -0.2) is 50.8 Å². The van der Waals surface area contributed by atoms with Crippen LogP contribution in [0.5, 0.6) is 0 Å². The molecule has 0 radical (unpaired) electrons. The maximum Gasteiger partial charge on any atom is 0.186 e. The molecule has 9 heteroatoms. The predicted molar refractivity (Wildman–Crippen MR) is 156 cm³/mol. The van der Waals surface area contributed by atoms with Crippen LogP contribution in [0.1, 0.15) is 28.5 Å². The fourth-order valence-corrected chi connectivity index (χ4v) is 5.51. The molecule has 1 fully saturated rings. The second-order valence-electron chi connectivity index (χ2n) is 9.81. The summed E-state index contributed by atoms with van der Waals surface area (Å²) in [4.78, 5) is 9.02. The minimum atomic E-state index is -0.482. The van der Waals surface area contributed by atoms with Crippen LogP contribution in [0.4, 0.5) is 0 Å². The molecule has 3 aromatic carbocycles. The van der Waals surface area contributed by atoms with E-state index < -0.39 is 18.3 Å². The molecule has 6 rings (SSSR count). The van der Waals surface area contributed by atoms with Crippen molar-refractivity contribution in [2.24, 2.45) is 0 Å². The van der Waals surface area contributed by atoms with Gasteiger partial charge in [0.25, 0.3) is 0 Å². The highest BCUT2D eigenvalue weighted by molar-refractivity contribution is 7.98. The van der Waals surface area contributed by atoms with Gasteiger partial charge in [0.05, 0.1) is 38.3 Å². The van der Waals surface area contributed by atoms with E-state index in [0.717, 1.165) is 27.4 Å². The Morgan fingerprint density at radius 1 is 0.756 bits per heavy atom.